The minimum absolute atomic E-state index is 0.0527. The summed E-state index contributed by atoms with van der Waals surface area (Å²) in [5.41, 5.74) is 0.741. The molecule has 42 heavy (non-hydrogen) atoms. The molecule has 0 spiro atoms. The number of carboxylic acid groups (broad SMARTS) is 1. The molecule has 2 unspecified atom stereocenters. The second kappa shape index (κ2) is 14.8. The van der Waals surface area contributed by atoms with Gasteiger partial charge in [0.1, 0.15) is 12.0 Å². The fourth-order valence-electron chi connectivity index (χ4n) is 5.41. The van der Waals surface area contributed by atoms with Gasteiger partial charge >= 0.3 is 5.97 Å². The average molecular weight is 599 g/mol. The fourth-order valence-corrected chi connectivity index (χ4v) is 5.55. The molecule has 9 heteroatoms. The topological polar surface area (TPSA) is 90.3 Å². The van der Waals surface area contributed by atoms with Crippen LogP contribution >= 0.6 is 11.6 Å². The van der Waals surface area contributed by atoms with Gasteiger partial charge in [-0.3, -0.25) is 9.69 Å². The Morgan fingerprint density at radius 3 is 2.36 bits per heavy atom. The molecule has 0 aliphatic carbocycles. The third-order valence-corrected chi connectivity index (χ3v) is 8.16. The molecule has 226 valence electrons. The molecule has 0 saturated carbocycles. The SMILES string of the molecule is COC(c1c(F)cc(C(C)(O)C2CCN(C)CC2)cc1C=O)N(C)Cc1ccc(C)cc1C(=O)O.Clc1ccccc1. The summed E-state index contributed by atoms with van der Waals surface area (Å²) >= 11 is 5.54. The number of aliphatic hydroxyl groups is 1. The van der Waals surface area contributed by atoms with E-state index in [4.69, 9.17) is 16.3 Å². The zero-order valence-corrected chi connectivity index (χ0v) is 25.6. The maximum Gasteiger partial charge on any atom is 0.336 e. The van der Waals surface area contributed by atoms with Crippen molar-refractivity contribution in [3.05, 3.63) is 105 Å². The third kappa shape index (κ3) is 8.24. The quantitative estimate of drug-likeness (QED) is 0.220. The lowest BCUT2D eigenvalue weighted by atomic mass is 9.76. The van der Waals surface area contributed by atoms with E-state index in [9.17, 15) is 19.8 Å². The van der Waals surface area contributed by atoms with E-state index in [1.165, 1.54) is 19.2 Å². The van der Waals surface area contributed by atoms with Crippen molar-refractivity contribution in [2.24, 2.45) is 5.92 Å². The van der Waals surface area contributed by atoms with Crippen LogP contribution in [-0.4, -0.2) is 66.6 Å². The number of nitrogens with zero attached hydrogens (tertiary/aromatic N) is 2. The summed E-state index contributed by atoms with van der Waals surface area (Å²) in [6.07, 6.45) is 1.17. The molecular weight excluding hydrogens is 559 g/mol. The van der Waals surface area contributed by atoms with Crippen LogP contribution in [0.3, 0.4) is 0 Å². The number of benzene rings is 3. The van der Waals surface area contributed by atoms with Crippen LogP contribution < -0.4 is 0 Å². The van der Waals surface area contributed by atoms with Gasteiger partial charge in [-0.05, 0) is 101 Å². The predicted molar refractivity (Wildman–Crippen MR) is 162 cm³/mol. The van der Waals surface area contributed by atoms with Crippen molar-refractivity contribution >= 4 is 23.9 Å². The number of rotatable bonds is 9. The number of carbonyl (C=O) groups excluding carboxylic acids is 1. The van der Waals surface area contributed by atoms with E-state index >= 15 is 4.39 Å². The highest BCUT2D eigenvalue weighted by molar-refractivity contribution is 6.30. The lowest BCUT2D eigenvalue weighted by Gasteiger charge is -2.39. The lowest BCUT2D eigenvalue weighted by molar-refractivity contribution is -0.0326. The van der Waals surface area contributed by atoms with Crippen LogP contribution in [0.15, 0.2) is 60.7 Å². The largest absolute Gasteiger partial charge is 0.478 e. The van der Waals surface area contributed by atoms with Crippen molar-refractivity contribution in [1.29, 1.82) is 0 Å². The molecule has 1 aliphatic heterocycles. The zero-order valence-electron chi connectivity index (χ0n) is 24.8. The molecule has 1 saturated heterocycles. The molecule has 7 nitrogen and oxygen atoms in total. The van der Waals surface area contributed by atoms with E-state index in [-0.39, 0.29) is 29.2 Å². The summed E-state index contributed by atoms with van der Waals surface area (Å²) in [6, 6.07) is 17.4. The molecule has 3 aromatic rings. The minimum atomic E-state index is -1.29. The van der Waals surface area contributed by atoms with Gasteiger partial charge in [0.2, 0.25) is 0 Å². The first-order valence-corrected chi connectivity index (χ1v) is 14.2. The Kier molecular flexibility index (Phi) is 11.8. The van der Waals surface area contributed by atoms with Crippen LogP contribution in [0, 0.1) is 18.7 Å². The number of aryl methyl sites for hydroxylation is 1. The molecule has 4 rings (SSSR count). The number of hydrogen-bond donors (Lipinski definition) is 2. The van der Waals surface area contributed by atoms with Gasteiger partial charge in [-0.15, -0.1) is 0 Å². The summed E-state index contributed by atoms with van der Waals surface area (Å²) in [4.78, 5) is 27.6. The highest BCUT2D eigenvalue weighted by Crippen LogP contribution is 2.38. The molecule has 2 N–H and O–H groups in total. The van der Waals surface area contributed by atoms with Gasteiger partial charge in [-0.1, -0.05) is 47.5 Å². The van der Waals surface area contributed by atoms with Crippen molar-refractivity contribution in [3.8, 4) is 0 Å². The number of hydrogen-bond acceptors (Lipinski definition) is 6. The lowest BCUT2D eigenvalue weighted by Crippen LogP contribution is -2.40. The zero-order chi connectivity index (χ0) is 31.0. The first kappa shape index (κ1) is 33.4. The van der Waals surface area contributed by atoms with Crippen molar-refractivity contribution < 1.29 is 28.9 Å². The van der Waals surface area contributed by atoms with Gasteiger partial charge in [0.05, 0.1) is 11.2 Å². The Balaban J connectivity index is 0.000000603. The van der Waals surface area contributed by atoms with E-state index < -0.39 is 23.6 Å². The van der Waals surface area contributed by atoms with Crippen LogP contribution in [-0.2, 0) is 16.9 Å². The normalized spacial score (nSPS) is 16.3. The van der Waals surface area contributed by atoms with Gasteiger partial charge in [0.25, 0.3) is 0 Å². The van der Waals surface area contributed by atoms with Crippen LogP contribution in [0.25, 0.3) is 0 Å². The Morgan fingerprint density at radius 2 is 1.83 bits per heavy atom. The molecule has 1 aliphatic rings. The van der Waals surface area contributed by atoms with Gasteiger partial charge in [0.15, 0.2) is 6.29 Å². The van der Waals surface area contributed by atoms with E-state index in [1.54, 1.807) is 31.0 Å². The highest BCUT2D eigenvalue weighted by Gasteiger charge is 2.37. The maximum atomic E-state index is 15.6. The van der Waals surface area contributed by atoms with Crippen molar-refractivity contribution in [1.82, 2.24) is 9.80 Å². The highest BCUT2D eigenvalue weighted by atomic mass is 35.5. The van der Waals surface area contributed by atoms with Crippen molar-refractivity contribution in [2.45, 2.75) is 45.1 Å². The van der Waals surface area contributed by atoms with E-state index in [0.717, 1.165) is 36.5 Å². The summed E-state index contributed by atoms with van der Waals surface area (Å²) in [5, 5.41) is 21.7. The van der Waals surface area contributed by atoms with Crippen LogP contribution in [0.1, 0.15) is 69.0 Å². The molecule has 0 aromatic heterocycles. The number of piperidine rings is 1. The summed E-state index contributed by atoms with van der Waals surface area (Å²) in [5.74, 6) is -1.76. The van der Waals surface area contributed by atoms with Gasteiger partial charge in [0, 0.05) is 29.8 Å². The molecular formula is C33H40ClFN2O5. The Hall–Kier alpha value is -3.14. The number of methoxy groups -OCH3 is 1. The molecule has 3 aromatic carbocycles. The van der Waals surface area contributed by atoms with E-state index in [0.29, 0.717) is 17.4 Å². The second-order valence-electron chi connectivity index (χ2n) is 11.1. The van der Waals surface area contributed by atoms with E-state index in [1.807, 2.05) is 50.4 Å². The average Bonchev–Trinajstić information content (AvgIpc) is 2.95. The van der Waals surface area contributed by atoms with Crippen LogP contribution in [0.5, 0.6) is 0 Å². The van der Waals surface area contributed by atoms with Crippen molar-refractivity contribution in [2.75, 3.05) is 34.3 Å². The van der Waals surface area contributed by atoms with Gasteiger partial charge in [-0.2, -0.15) is 0 Å². The number of ether oxygens (including phenoxy) is 1. The fraction of sp³-hybridized carbons (Fsp3) is 0.394. The smallest absolute Gasteiger partial charge is 0.336 e. The number of halogens is 2. The number of carbonyl (C=O) groups is 2. The van der Waals surface area contributed by atoms with Gasteiger partial charge in [-0.25, -0.2) is 9.18 Å². The molecule has 1 heterocycles. The molecule has 0 bridgehead atoms. The number of likely N-dealkylation sites (tertiary alicyclic amines) is 1. The van der Waals surface area contributed by atoms with E-state index in [2.05, 4.69) is 4.90 Å². The van der Waals surface area contributed by atoms with Gasteiger partial charge < -0.3 is 19.8 Å². The summed E-state index contributed by atoms with van der Waals surface area (Å²) in [7, 11) is 5.11. The molecule has 2 atom stereocenters. The number of aldehydes is 1. The third-order valence-electron chi connectivity index (χ3n) is 7.91. The van der Waals surface area contributed by atoms with Crippen LogP contribution in [0.4, 0.5) is 4.39 Å². The summed E-state index contributed by atoms with van der Waals surface area (Å²) < 4.78 is 21.2. The minimum Gasteiger partial charge on any atom is -0.478 e. The first-order valence-electron chi connectivity index (χ1n) is 13.8. The second-order valence-corrected chi connectivity index (χ2v) is 11.5. The molecule has 0 amide bonds. The standard InChI is InChI=1S/C27H35FN2O5.C6H5Cl/c1-17-6-7-18(22(12-17)26(32)33)15-30(4)25(35-5)24-19(16-31)13-21(14-23(24)28)27(2,34)20-8-10-29(3)11-9-20;7-6-4-2-1-3-5-6/h6-7,12-14,16,20,25,34H,8-11,15H2,1-5H3,(H,32,33);1-5H. The predicted octanol–water partition coefficient (Wildman–Crippen LogP) is 6.31. The van der Waals surface area contributed by atoms with Crippen LogP contribution in [0.2, 0.25) is 5.02 Å². The molecule has 0 radical (unpaired) electrons. The Labute approximate surface area is 252 Å². The molecule has 1 fully saturated rings. The maximum absolute atomic E-state index is 15.6. The first-order chi connectivity index (χ1) is 19.9. The number of aromatic carboxylic acids is 1. The number of carboxylic acids is 1. The summed E-state index contributed by atoms with van der Waals surface area (Å²) in [6.45, 7) is 5.33. The monoisotopic (exact) mass is 598 g/mol. The Morgan fingerprint density at radius 1 is 1.19 bits per heavy atom. The van der Waals surface area contributed by atoms with Crippen molar-refractivity contribution in [3.63, 3.8) is 0 Å². The Bertz CT molecular complexity index is 1360.